The van der Waals surface area contributed by atoms with Crippen molar-refractivity contribution in [1.82, 2.24) is 20.2 Å². The summed E-state index contributed by atoms with van der Waals surface area (Å²) in [5, 5.41) is 12.4. The van der Waals surface area contributed by atoms with Crippen LogP contribution >= 0.6 is 0 Å². The molecule has 1 fully saturated rings. The Morgan fingerprint density at radius 2 is 2.35 bits per heavy atom. The number of carboxylic acids is 1. The van der Waals surface area contributed by atoms with E-state index in [4.69, 9.17) is 4.74 Å². The van der Waals surface area contributed by atoms with E-state index in [1.165, 1.54) is 11.2 Å². The number of carbonyl (C=O) groups excluding carboxylic acids is 1. The Morgan fingerprint density at radius 3 is 3.05 bits per heavy atom. The molecule has 8 nitrogen and oxygen atoms in total. The second kappa shape index (κ2) is 5.22. The number of amides is 1. The lowest BCUT2D eigenvalue weighted by Gasteiger charge is -2.36. The summed E-state index contributed by atoms with van der Waals surface area (Å²) in [7, 11) is 0. The first kappa shape index (κ1) is 13.1. The zero-order chi connectivity index (χ0) is 14.1. The fourth-order valence-corrected chi connectivity index (χ4v) is 2.61. The number of H-pyrrole nitrogens is 1. The first-order chi connectivity index (χ1) is 9.66. The van der Waals surface area contributed by atoms with Crippen LogP contribution in [0.15, 0.2) is 6.33 Å². The molecule has 0 aliphatic carbocycles. The monoisotopic (exact) mass is 280 g/mol. The van der Waals surface area contributed by atoms with Crippen molar-refractivity contribution in [2.45, 2.75) is 25.0 Å². The number of carboxylic acid groups (broad SMARTS) is 1. The van der Waals surface area contributed by atoms with Gasteiger partial charge in [-0.05, 0) is 0 Å². The fraction of sp³-hybridized carbons (Fsp3) is 0.583. The number of aliphatic carboxylic acids is 1. The largest absolute Gasteiger partial charge is 0.480 e. The lowest BCUT2D eigenvalue weighted by molar-refractivity contribution is -0.153. The van der Waals surface area contributed by atoms with Crippen LogP contribution in [0.25, 0.3) is 0 Å². The predicted octanol–water partition coefficient (Wildman–Crippen LogP) is -1.26. The molecule has 3 rings (SSSR count). The van der Waals surface area contributed by atoms with Crippen LogP contribution in [0.3, 0.4) is 0 Å². The molecule has 0 bridgehead atoms. The van der Waals surface area contributed by atoms with Crippen LogP contribution < -0.4 is 5.32 Å². The average molecular weight is 280 g/mol. The molecular weight excluding hydrogens is 264 g/mol. The molecule has 2 unspecified atom stereocenters. The SMILES string of the molecule is O=C(O)C1Cc2nc[nH]c2CN1C(=O)C1COCCN1. The van der Waals surface area contributed by atoms with Crippen LogP contribution in [0.2, 0.25) is 0 Å². The lowest BCUT2D eigenvalue weighted by atomic mass is 10.0. The quantitative estimate of drug-likeness (QED) is 0.624. The van der Waals surface area contributed by atoms with Gasteiger partial charge in [0, 0.05) is 13.0 Å². The zero-order valence-electron chi connectivity index (χ0n) is 10.8. The van der Waals surface area contributed by atoms with Crippen molar-refractivity contribution in [2.24, 2.45) is 0 Å². The van der Waals surface area contributed by atoms with Crippen LogP contribution in [0.4, 0.5) is 0 Å². The van der Waals surface area contributed by atoms with Gasteiger partial charge in [0.25, 0.3) is 0 Å². The first-order valence-electron chi connectivity index (χ1n) is 6.52. The first-order valence-corrected chi connectivity index (χ1v) is 6.52. The van der Waals surface area contributed by atoms with Crippen LogP contribution in [-0.2, 0) is 27.3 Å². The Bertz CT molecular complexity index is 523. The summed E-state index contributed by atoms with van der Waals surface area (Å²) in [6, 6.07) is -1.35. The maximum atomic E-state index is 12.5. The van der Waals surface area contributed by atoms with Gasteiger partial charge in [0.05, 0.1) is 37.5 Å². The molecule has 3 heterocycles. The molecule has 0 saturated carbocycles. The predicted molar refractivity (Wildman–Crippen MR) is 66.9 cm³/mol. The molecule has 1 aromatic heterocycles. The van der Waals surface area contributed by atoms with Crippen molar-refractivity contribution in [3.8, 4) is 0 Å². The smallest absolute Gasteiger partial charge is 0.326 e. The number of fused-ring (bicyclic) bond motifs is 1. The Kier molecular flexibility index (Phi) is 3.41. The summed E-state index contributed by atoms with van der Waals surface area (Å²) < 4.78 is 5.27. The molecule has 8 heteroatoms. The number of carbonyl (C=O) groups is 2. The van der Waals surface area contributed by atoms with Crippen LogP contribution in [-0.4, -0.2) is 63.7 Å². The lowest BCUT2D eigenvalue weighted by Crippen LogP contribution is -2.57. The number of aromatic amines is 1. The third-order valence-electron chi connectivity index (χ3n) is 3.69. The van der Waals surface area contributed by atoms with Gasteiger partial charge in [0.15, 0.2) is 0 Å². The number of rotatable bonds is 2. The van der Waals surface area contributed by atoms with Crippen molar-refractivity contribution in [3.05, 3.63) is 17.7 Å². The van der Waals surface area contributed by atoms with E-state index >= 15 is 0 Å². The molecule has 1 aromatic rings. The highest BCUT2D eigenvalue weighted by Crippen LogP contribution is 2.22. The molecule has 1 saturated heterocycles. The van der Waals surface area contributed by atoms with Crippen molar-refractivity contribution in [3.63, 3.8) is 0 Å². The van der Waals surface area contributed by atoms with Gasteiger partial charge in [-0.1, -0.05) is 0 Å². The number of hydrogen-bond donors (Lipinski definition) is 3. The third kappa shape index (κ3) is 2.27. The molecule has 20 heavy (non-hydrogen) atoms. The maximum Gasteiger partial charge on any atom is 0.326 e. The van der Waals surface area contributed by atoms with Crippen molar-refractivity contribution < 1.29 is 19.4 Å². The van der Waals surface area contributed by atoms with Crippen molar-refractivity contribution in [2.75, 3.05) is 19.8 Å². The number of nitrogens with zero attached hydrogens (tertiary/aromatic N) is 2. The van der Waals surface area contributed by atoms with Gasteiger partial charge in [-0.2, -0.15) is 0 Å². The Morgan fingerprint density at radius 1 is 1.50 bits per heavy atom. The maximum absolute atomic E-state index is 12.5. The Labute approximate surface area is 115 Å². The van der Waals surface area contributed by atoms with E-state index in [-0.39, 0.29) is 25.5 Å². The van der Waals surface area contributed by atoms with Gasteiger partial charge in [0.1, 0.15) is 12.1 Å². The second-order valence-electron chi connectivity index (χ2n) is 4.93. The van der Waals surface area contributed by atoms with E-state index < -0.39 is 18.1 Å². The minimum absolute atomic E-state index is 0.230. The van der Waals surface area contributed by atoms with Crippen LogP contribution in [0.1, 0.15) is 11.4 Å². The fourth-order valence-electron chi connectivity index (χ4n) is 2.61. The molecule has 0 spiro atoms. The van der Waals surface area contributed by atoms with Crippen LogP contribution in [0, 0.1) is 0 Å². The van der Waals surface area contributed by atoms with E-state index in [1.807, 2.05) is 0 Å². The second-order valence-corrected chi connectivity index (χ2v) is 4.93. The summed E-state index contributed by atoms with van der Waals surface area (Å²) in [5.41, 5.74) is 1.52. The number of nitrogens with one attached hydrogen (secondary N) is 2. The minimum atomic E-state index is -1.01. The van der Waals surface area contributed by atoms with E-state index in [2.05, 4.69) is 15.3 Å². The number of hydrogen-bond acceptors (Lipinski definition) is 5. The third-order valence-corrected chi connectivity index (χ3v) is 3.69. The van der Waals surface area contributed by atoms with Gasteiger partial charge in [-0.25, -0.2) is 9.78 Å². The number of imidazole rings is 1. The highest BCUT2D eigenvalue weighted by atomic mass is 16.5. The van der Waals surface area contributed by atoms with Crippen molar-refractivity contribution >= 4 is 11.9 Å². The van der Waals surface area contributed by atoms with Gasteiger partial charge in [0.2, 0.25) is 5.91 Å². The summed E-state index contributed by atoms with van der Waals surface area (Å²) in [4.78, 5) is 32.3. The Balaban J connectivity index is 1.82. The van der Waals surface area contributed by atoms with E-state index in [9.17, 15) is 14.7 Å². The molecule has 1 amide bonds. The molecule has 0 aromatic carbocycles. The van der Waals surface area contributed by atoms with Gasteiger partial charge < -0.3 is 25.0 Å². The number of aromatic nitrogens is 2. The molecular formula is C12H16N4O4. The normalized spacial score (nSPS) is 26.1. The molecule has 2 aliphatic rings. The number of ether oxygens (including phenoxy) is 1. The highest BCUT2D eigenvalue weighted by Gasteiger charge is 2.38. The molecule has 2 atom stereocenters. The van der Waals surface area contributed by atoms with E-state index in [1.54, 1.807) is 0 Å². The van der Waals surface area contributed by atoms with Crippen molar-refractivity contribution in [1.29, 1.82) is 0 Å². The average Bonchev–Trinajstić information content (AvgIpc) is 2.93. The highest BCUT2D eigenvalue weighted by molar-refractivity contribution is 5.87. The minimum Gasteiger partial charge on any atom is -0.480 e. The molecule has 108 valence electrons. The summed E-state index contributed by atoms with van der Waals surface area (Å²) in [6.07, 6.45) is 1.76. The summed E-state index contributed by atoms with van der Waals surface area (Å²) in [5.74, 6) is -1.25. The topological polar surface area (TPSA) is 108 Å². The Hall–Kier alpha value is -1.93. The van der Waals surface area contributed by atoms with Gasteiger partial charge >= 0.3 is 5.97 Å². The summed E-state index contributed by atoms with van der Waals surface area (Å²) >= 11 is 0. The van der Waals surface area contributed by atoms with E-state index in [0.717, 1.165) is 5.69 Å². The summed E-state index contributed by atoms with van der Waals surface area (Å²) in [6.45, 7) is 1.68. The van der Waals surface area contributed by atoms with E-state index in [0.29, 0.717) is 18.8 Å². The van der Waals surface area contributed by atoms with Gasteiger partial charge in [-0.3, -0.25) is 4.79 Å². The molecule has 3 N–H and O–H groups in total. The van der Waals surface area contributed by atoms with Crippen LogP contribution in [0.5, 0.6) is 0 Å². The molecule has 2 aliphatic heterocycles. The standard InChI is InChI=1S/C12H16N4O4/c17-11(9-5-20-2-1-13-9)16-4-8-7(14-6-15-8)3-10(16)12(18)19/h6,9-10,13H,1-5H2,(H,14,15)(H,18,19). The molecule has 0 radical (unpaired) electrons. The number of morpholine rings is 1. The zero-order valence-corrected chi connectivity index (χ0v) is 10.8. The van der Waals surface area contributed by atoms with Gasteiger partial charge in [-0.15, -0.1) is 0 Å².